The van der Waals surface area contributed by atoms with Crippen LogP contribution in [0.1, 0.15) is 32.7 Å². The molecule has 178 valence electrons. The zero-order valence-electron chi connectivity index (χ0n) is 19.4. The summed E-state index contributed by atoms with van der Waals surface area (Å²) < 4.78 is 6.11. The number of rotatable bonds is 2. The fraction of sp³-hybridized carbons (Fsp3) is 0.0333. The maximum absolute atomic E-state index is 13.9. The first-order valence-electron chi connectivity index (χ1n) is 11.7. The summed E-state index contributed by atoms with van der Waals surface area (Å²) in [5.41, 5.74) is 2.75. The van der Waals surface area contributed by atoms with E-state index in [9.17, 15) is 15.0 Å². The molecule has 4 aromatic carbocycles. The molecule has 2 N–H and O–H groups in total. The number of phenolic OH excluding ortho intramolecular Hbond substituents is 2. The van der Waals surface area contributed by atoms with E-state index in [0.29, 0.717) is 33.9 Å². The third-order valence-corrected chi connectivity index (χ3v) is 6.91. The first-order chi connectivity index (χ1) is 18.1. The van der Waals surface area contributed by atoms with Gasteiger partial charge in [-0.1, -0.05) is 42.5 Å². The summed E-state index contributed by atoms with van der Waals surface area (Å²) in [7, 11) is 0. The molecule has 7 nitrogen and oxygen atoms in total. The van der Waals surface area contributed by atoms with Gasteiger partial charge in [-0.25, -0.2) is 9.99 Å². The second-order valence-electron chi connectivity index (χ2n) is 9.01. The molecule has 3 heterocycles. The number of pyridine rings is 1. The first-order valence-corrected chi connectivity index (χ1v) is 11.7. The van der Waals surface area contributed by atoms with Gasteiger partial charge < -0.3 is 14.9 Å². The second-order valence-corrected chi connectivity index (χ2v) is 9.01. The highest BCUT2D eigenvalue weighted by molar-refractivity contribution is 6.02. The average Bonchev–Trinajstić information content (AvgIpc) is 3.15. The molecular weight excluding hydrogens is 466 g/mol. The molecule has 0 saturated carbocycles. The number of carbonyl (C=O) groups is 1. The summed E-state index contributed by atoms with van der Waals surface area (Å²) in [6.07, 6.45) is 1.58. The molecule has 0 saturated heterocycles. The number of aromatic nitrogens is 1. The largest absolute Gasteiger partial charge is 0.508 e. The molecule has 2 aliphatic heterocycles. The van der Waals surface area contributed by atoms with E-state index in [4.69, 9.17) is 9.84 Å². The SMILES string of the molecule is O=C1c2ccccc2C2(c3ccc(O)cc3Oc3cc(O)ccc32)N1/N=C/c1ccc2ccccc2n1. The van der Waals surface area contributed by atoms with Crippen LogP contribution >= 0.6 is 0 Å². The highest BCUT2D eigenvalue weighted by Gasteiger charge is 2.57. The van der Waals surface area contributed by atoms with Crippen molar-refractivity contribution in [3.8, 4) is 23.0 Å². The van der Waals surface area contributed by atoms with Gasteiger partial charge in [-0.3, -0.25) is 4.79 Å². The van der Waals surface area contributed by atoms with Gasteiger partial charge in [-0.05, 0) is 42.5 Å². The number of hydrazone groups is 1. The van der Waals surface area contributed by atoms with Gasteiger partial charge in [0.15, 0.2) is 0 Å². The van der Waals surface area contributed by atoms with E-state index < -0.39 is 5.54 Å². The van der Waals surface area contributed by atoms with Gasteiger partial charge in [0.25, 0.3) is 5.91 Å². The fourth-order valence-corrected chi connectivity index (χ4v) is 5.35. The molecule has 0 radical (unpaired) electrons. The summed E-state index contributed by atoms with van der Waals surface area (Å²) in [6, 6.07) is 28.6. The van der Waals surface area contributed by atoms with Gasteiger partial charge in [0.1, 0.15) is 28.5 Å². The molecule has 7 heteroatoms. The van der Waals surface area contributed by atoms with Gasteiger partial charge in [0, 0.05) is 39.8 Å². The lowest BCUT2D eigenvalue weighted by Gasteiger charge is -2.41. The van der Waals surface area contributed by atoms with E-state index in [1.807, 2.05) is 54.6 Å². The summed E-state index contributed by atoms with van der Waals surface area (Å²) in [6.45, 7) is 0. The van der Waals surface area contributed by atoms with Crippen molar-refractivity contribution >= 4 is 23.0 Å². The number of nitrogens with zero attached hydrogens (tertiary/aromatic N) is 3. The Kier molecular flexibility index (Phi) is 4.38. The number of aromatic hydroxyl groups is 2. The normalized spacial score (nSPS) is 15.0. The highest BCUT2D eigenvalue weighted by Crippen LogP contribution is 2.58. The zero-order valence-corrected chi connectivity index (χ0v) is 19.4. The topological polar surface area (TPSA) is 95.2 Å². The molecule has 1 spiro atoms. The number of para-hydroxylation sites is 1. The van der Waals surface area contributed by atoms with Crippen LogP contribution in [0.25, 0.3) is 10.9 Å². The Hall–Kier alpha value is -5.17. The van der Waals surface area contributed by atoms with Crippen LogP contribution in [-0.2, 0) is 5.54 Å². The molecule has 1 amide bonds. The Bertz CT molecular complexity index is 1730. The quantitative estimate of drug-likeness (QED) is 0.321. The van der Waals surface area contributed by atoms with Crippen molar-refractivity contribution in [2.75, 3.05) is 0 Å². The van der Waals surface area contributed by atoms with Gasteiger partial charge in [-0.15, -0.1) is 0 Å². The van der Waals surface area contributed by atoms with Crippen LogP contribution < -0.4 is 4.74 Å². The van der Waals surface area contributed by atoms with Crippen LogP contribution in [0.3, 0.4) is 0 Å². The van der Waals surface area contributed by atoms with Gasteiger partial charge in [0.05, 0.1) is 17.4 Å². The molecule has 0 atom stereocenters. The lowest BCUT2D eigenvalue weighted by Crippen LogP contribution is -2.44. The van der Waals surface area contributed by atoms with E-state index in [0.717, 1.165) is 16.5 Å². The fourth-order valence-electron chi connectivity index (χ4n) is 5.35. The lowest BCUT2D eigenvalue weighted by molar-refractivity contribution is 0.0675. The third-order valence-electron chi connectivity index (χ3n) is 6.91. The van der Waals surface area contributed by atoms with Crippen LogP contribution in [0.15, 0.2) is 102 Å². The number of hydrogen-bond donors (Lipinski definition) is 2. The van der Waals surface area contributed by atoms with Crippen molar-refractivity contribution in [2.24, 2.45) is 5.10 Å². The third kappa shape index (κ3) is 2.97. The zero-order chi connectivity index (χ0) is 25.1. The molecule has 0 bridgehead atoms. The Morgan fingerprint density at radius 1 is 0.784 bits per heavy atom. The number of hydrogen-bond acceptors (Lipinski definition) is 6. The van der Waals surface area contributed by atoms with Crippen molar-refractivity contribution < 1.29 is 19.7 Å². The van der Waals surface area contributed by atoms with E-state index in [-0.39, 0.29) is 17.4 Å². The molecule has 1 aromatic heterocycles. The minimum atomic E-state index is -1.19. The monoisotopic (exact) mass is 485 g/mol. The molecule has 37 heavy (non-hydrogen) atoms. The Morgan fingerprint density at radius 3 is 2.22 bits per heavy atom. The van der Waals surface area contributed by atoms with Crippen molar-refractivity contribution in [1.82, 2.24) is 9.99 Å². The van der Waals surface area contributed by atoms with Gasteiger partial charge >= 0.3 is 0 Å². The molecule has 0 unspecified atom stereocenters. The van der Waals surface area contributed by atoms with Crippen molar-refractivity contribution in [2.45, 2.75) is 5.54 Å². The van der Waals surface area contributed by atoms with Gasteiger partial charge in [0.2, 0.25) is 0 Å². The number of ether oxygens (including phenoxy) is 1. The smallest absolute Gasteiger partial charge is 0.275 e. The number of amides is 1. The first kappa shape index (κ1) is 21.1. The van der Waals surface area contributed by atoms with Crippen molar-refractivity contribution in [1.29, 1.82) is 0 Å². The van der Waals surface area contributed by atoms with Gasteiger partial charge in [-0.2, -0.15) is 5.10 Å². The highest BCUT2D eigenvalue weighted by atomic mass is 16.5. The second kappa shape index (κ2) is 7.66. The molecule has 5 aromatic rings. The number of fused-ring (bicyclic) bond motifs is 7. The molecule has 0 fully saturated rings. The lowest BCUT2D eigenvalue weighted by atomic mass is 9.75. The Balaban J connectivity index is 1.49. The van der Waals surface area contributed by atoms with Crippen LogP contribution in [0.5, 0.6) is 23.0 Å². The Morgan fingerprint density at radius 2 is 1.46 bits per heavy atom. The summed E-state index contributed by atoms with van der Waals surface area (Å²) in [4.78, 5) is 18.6. The molecule has 7 rings (SSSR count). The molecular formula is C30H19N3O4. The summed E-state index contributed by atoms with van der Waals surface area (Å²) in [5, 5.41) is 27.6. The van der Waals surface area contributed by atoms with Crippen molar-refractivity contribution in [3.05, 3.63) is 125 Å². The van der Waals surface area contributed by atoms with Crippen LogP contribution in [0.4, 0.5) is 0 Å². The maximum atomic E-state index is 13.9. The van der Waals surface area contributed by atoms with Crippen LogP contribution in [0, 0.1) is 0 Å². The number of carbonyl (C=O) groups excluding carboxylic acids is 1. The average molecular weight is 485 g/mol. The van der Waals surface area contributed by atoms with Crippen LogP contribution in [-0.4, -0.2) is 32.3 Å². The minimum Gasteiger partial charge on any atom is -0.508 e. The summed E-state index contributed by atoms with van der Waals surface area (Å²) >= 11 is 0. The van der Waals surface area contributed by atoms with Crippen molar-refractivity contribution in [3.63, 3.8) is 0 Å². The van der Waals surface area contributed by atoms with E-state index >= 15 is 0 Å². The number of benzene rings is 4. The maximum Gasteiger partial charge on any atom is 0.275 e. The van der Waals surface area contributed by atoms with Crippen LogP contribution in [0.2, 0.25) is 0 Å². The molecule has 0 aliphatic carbocycles. The predicted molar refractivity (Wildman–Crippen MR) is 138 cm³/mol. The predicted octanol–water partition coefficient (Wildman–Crippen LogP) is 5.53. The molecule has 2 aliphatic rings. The van der Waals surface area contributed by atoms with E-state index in [2.05, 4.69) is 4.98 Å². The van der Waals surface area contributed by atoms with E-state index in [1.165, 1.54) is 17.1 Å². The number of phenols is 2. The minimum absolute atomic E-state index is 0.0190. The summed E-state index contributed by atoms with van der Waals surface area (Å²) in [5.74, 6) is 0.488. The standard InChI is InChI=1S/C30H19N3O4/c34-20-11-13-24-27(15-20)37-28-16-21(35)12-14-25(28)30(24)23-7-3-2-6-22(23)29(36)33(30)31-17-19-10-9-18-5-1-4-8-26(18)32-19/h1-17,34-35H/b31-17+. The Labute approximate surface area is 211 Å². The van der Waals surface area contributed by atoms with E-state index in [1.54, 1.807) is 36.5 Å².